The third kappa shape index (κ3) is 4.65. The van der Waals surface area contributed by atoms with Crippen molar-refractivity contribution < 1.29 is 13.2 Å². The van der Waals surface area contributed by atoms with Crippen LogP contribution in [0.5, 0.6) is 0 Å². The van der Waals surface area contributed by atoms with Gasteiger partial charge in [0, 0.05) is 49.2 Å². The van der Waals surface area contributed by atoms with E-state index in [0.29, 0.717) is 28.7 Å². The molecular formula is C14H16Cl3F3N2. The molecule has 1 saturated heterocycles. The number of hydrogen-bond acceptors (Lipinski definition) is 2. The third-order valence-corrected chi connectivity index (χ3v) is 4.85. The summed E-state index contributed by atoms with van der Waals surface area (Å²) in [5, 5.41) is 4.06. The van der Waals surface area contributed by atoms with Gasteiger partial charge in [-0.05, 0) is 18.6 Å². The summed E-state index contributed by atoms with van der Waals surface area (Å²) in [6, 6.07) is 2.63. The summed E-state index contributed by atoms with van der Waals surface area (Å²) in [6.07, 6.45) is -5.20. The highest BCUT2D eigenvalue weighted by Gasteiger charge is 2.33. The Hall–Kier alpha value is -0.200. The first-order chi connectivity index (χ1) is 10.3. The lowest BCUT2D eigenvalue weighted by Crippen LogP contribution is -2.45. The van der Waals surface area contributed by atoms with E-state index < -0.39 is 18.6 Å². The molecule has 1 N–H and O–H groups in total. The Morgan fingerprint density at radius 3 is 2.27 bits per heavy atom. The van der Waals surface area contributed by atoms with Crippen LogP contribution in [0, 0.1) is 0 Å². The monoisotopic (exact) mass is 374 g/mol. The zero-order valence-electron chi connectivity index (χ0n) is 11.7. The summed E-state index contributed by atoms with van der Waals surface area (Å²) in [5.74, 6) is 0. The van der Waals surface area contributed by atoms with E-state index >= 15 is 0 Å². The van der Waals surface area contributed by atoms with Crippen LogP contribution in [0.1, 0.15) is 24.4 Å². The first-order valence-electron chi connectivity index (χ1n) is 6.94. The van der Waals surface area contributed by atoms with Crippen molar-refractivity contribution in [1.82, 2.24) is 10.2 Å². The normalized spacial score (nSPS) is 18.5. The van der Waals surface area contributed by atoms with Gasteiger partial charge in [0.25, 0.3) is 0 Å². The molecule has 1 fully saturated rings. The van der Waals surface area contributed by atoms with E-state index in [4.69, 9.17) is 34.8 Å². The fraction of sp³-hybridized carbons (Fsp3) is 0.571. The van der Waals surface area contributed by atoms with Crippen LogP contribution in [0.25, 0.3) is 0 Å². The zero-order chi connectivity index (χ0) is 16.3. The zero-order valence-corrected chi connectivity index (χ0v) is 14.0. The van der Waals surface area contributed by atoms with Crippen LogP contribution in [0.3, 0.4) is 0 Å². The SMILES string of the molecule is FC(F)(F)CC[C@@H](c1c(Cl)ccc(Cl)c1Cl)N1CCNCC1. The number of rotatable bonds is 4. The van der Waals surface area contributed by atoms with E-state index in [1.165, 1.54) is 0 Å². The average Bonchev–Trinajstić information content (AvgIpc) is 2.46. The summed E-state index contributed by atoms with van der Waals surface area (Å²) in [6.45, 7) is 2.72. The van der Waals surface area contributed by atoms with Gasteiger partial charge in [-0.3, -0.25) is 4.90 Å². The van der Waals surface area contributed by atoms with Gasteiger partial charge >= 0.3 is 6.18 Å². The molecule has 1 atom stereocenters. The van der Waals surface area contributed by atoms with Crippen molar-refractivity contribution >= 4 is 34.8 Å². The molecular weight excluding hydrogens is 360 g/mol. The van der Waals surface area contributed by atoms with Crippen LogP contribution in [-0.4, -0.2) is 37.3 Å². The van der Waals surface area contributed by atoms with E-state index in [9.17, 15) is 13.2 Å². The molecule has 0 amide bonds. The largest absolute Gasteiger partial charge is 0.389 e. The molecule has 0 bridgehead atoms. The summed E-state index contributed by atoms with van der Waals surface area (Å²) in [5.41, 5.74) is 0.488. The van der Waals surface area contributed by atoms with Gasteiger partial charge < -0.3 is 5.32 Å². The molecule has 2 rings (SSSR count). The lowest BCUT2D eigenvalue weighted by molar-refractivity contribution is -0.138. The molecule has 0 unspecified atom stereocenters. The summed E-state index contributed by atoms with van der Waals surface area (Å²) in [7, 11) is 0. The minimum atomic E-state index is -4.22. The summed E-state index contributed by atoms with van der Waals surface area (Å²) >= 11 is 18.4. The number of halogens is 6. The Morgan fingerprint density at radius 2 is 1.68 bits per heavy atom. The van der Waals surface area contributed by atoms with Gasteiger partial charge in [0.1, 0.15) is 0 Å². The quantitative estimate of drug-likeness (QED) is 0.750. The lowest BCUT2D eigenvalue weighted by atomic mass is 9.99. The molecule has 1 aromatic rings. The van der Waals surface area contributed by atoms with E-state index in [2.05, 4.69) is 5.32 Å². The van der Waals surface area contributed by atoms with Gasteiger partial charge in [0.2, 0.25) is 0 Å². The number of nitrogens with zero attached hydrogens (tertiary/aromatic N) is 1. The van der Waals surface area contributed by atoms with Crippen LogP contribution < -0.4 is 5.32 Å². The molecule has 0 saturated carbocycles. The first kappa shape index (κ1) is 18.1. The summed E-state index contributed by atoms with van der Waals surface area (Å²) < 4.78 is 38.0. The molecule has 1 heterocycles. The van der Waals surface area contributed by atoms with Gasteiger partial charge in [-0.2, -0.15) is 13.2 Å². The topological polar surface area (TPSA) is 15.3 Å². The first-order valence-corrected chi connectivity index (χ1v) is 8.08. The fourth-order valence-corrected chi connectivity index (χ4v) is 3.44. The van der Waals surface area contributed by atoms with Gasteiger partial charge in [-0.1, -0.05) is 34.8 Å². The minimum Gasteiger partial charge on any atom is -0.314 e. The smallest absolute Gasteiger partial charge is 0.314 e. The molecule has 0 aromatic heterocycles. The van der Waals surface area contributed by atoms with E-state index in [0.717, 1.165) is 13.1 Å². The van der Waals surface area contributed by atoms with Gasteiger partial charge in [0.05, 0.1) is 10.0 Å². The maximum absolute atomic E-state index is 12.7. The fourth-order valence-electron chi connectivity index (χ4n) is 2.65. The van der Waals surface area contributed by atoms with Crippen molar-refractivity contribution in [3.05, 3.63) is 32.8 Å². The Morgan fingerprint density at radius 1 is 1.09 bits per heavy atom. The van der Waals surface area contributed by atoms with Crippen molar-refractivity contribution in [2.24, 2.45) is 0 Å². The summed E-state index contributed by atoms with van der Waals surface area (Å²) in [4.78, 5) is 1.98. The van der Waals surface area contributed by atoms with Gasteiger partial charge in [0.15, 0.2) is 0 Å². The van der Waals surface area contributed by atoms with E-state index in [1.54, 1.807) is 12.1 Å². The van der Waals surface area contributed by atoms with Crippen molar-refractivity contribution in [1.29, 1.82) is 0 Å². The predicted octanol–water partition coefficient (Wildman–Crippen LogP) is 4.94. The highest BCUT2D eigenvalue weighted by atomic mass is 35.5. The molecule has 1 aliphatic heterocycles. The van der Waals surface area contributed by atoms with Crippen LogP contribution in [-0.2, 0) is 0 Å². The van der Waals surface area contributed by atoms with E-state index in [1.807, 2.05) is 4.90 Å². The van der Waals surface area contributed by atoms with Crippen molar-refractivity contribution in [3.8, 4) is 0 Å². The third-order valence-electron chi connectivity index (χ3n) is 3.71. The number of nitrogens with one attached hydrogen (secondary N) is 1. The second-order valence-corrected chi connectivity index (χ2v) is 6.40. The molecule has 1 aliphatic rings. The number of alkyl halides is 3. The lowest BCUT2D eigenvalue weighted by Gasteiger charge is -2.36. The Labute approximate surface area is 142 Å². The number of hydrogen-bond donors (Lipinski definition) is 1. The Bertz CT molecular complexity index is 517. The standard InChI is InChI=1S/C14H16Cl3F3N2/c15-9-1-2-10(16)13(17)12(9)11(3-4-14(18,19)20)22-7-5-21-6-8-22/h1-2,11,21H,3-8H2/t11-/m0/s1. The number of benzene rings is 1. The maximum Gasteiger partial charge on any atom is 0.389 e. The molecule has 1 aromatic carbocycles. The molecule has 22 heavy (non-hydrogen) atoms. The number of piperazine rings is 1. The van der Waals surface area contributed by atoms with Gasteiger partial charge in [-0.15, -0.1) is 0 Å². The van der Waals surface area contributed by atoms with Crippen LogP contribution >= 0.6 is 34.8 Å². The molecule has 2 nitrogen and oxygen atoms in total. The van der Waals surface area contributed by atoms with Gasteiger partial charge in [-0.25, -0.2) is 0 Å². The van der Waals surface area contributed by atoms with Crippen molar-refractivity contribution in [2.45, 2.75) is 25.1 Å². The predicted molar refractivity (Wildman–Crippen MR) is 83.9 cm³/mol. The Balaban J connectivity index is 2.32. The molecule has 0 spiro atoms. The highest BCUT2D eigenvalue weighted by Crippen LogP contribution is 2.41. The second-order valence-electron chi connectivity index (χ2n) is 5.21. The highest BCUT2D eigenvalue weighted by molar-refractivity contribution is 6.44. The maximum atomic E-state index is 12.7. The average molecular weight is 376 g/mol. The van der Waals surface area contributed by atoms with E-state index in [-0.39, 0.29) is 11.4 Å². The second kappa shape index (κ2) is 7.58. The van der Waals surface area contributed by atoms with Crippen LogP contribution in [0.15, 0.2) is 12.1 Å². The minimum absolute atomic E-state index is 0.0940. The van der Waals surface area contributed by atoms with Crippen molar-refractivity contribution in [2.75, 3.05) is 26.2 Å². The molecule has 0 aliphatic carbocycles. The van der Waals surface area contributed by atoms with Crippen molar-refractivity contribution in [3.63, 3.8) is 0 Å². The molecule has 124 valence electrons. The molecule has 0 radical (unpaired) electrons. The Kier molecular flexibility index (Phi) is 6.25. The van der Waals surface area contributed by atoms with Crippen LogP contribution in [0.2, 0.25) is 15.1 Å². The van der Waals surface area contributed by atoms with Crippen LogP contribution in [0.4, 0.5) is 13.2 Å². The molecule has 8 heteroatoms.